The molecule has 0 saturated heterocycles. The SMILES string of the molecule is CC(=O)c1ccc(OCc2nn(-c3ccccc3)c3c2CCC3)cc1F. The summed E-state index contributed by atoms with van der Waals surface area (Å²) in [6.07, 6.45) is 3.09. The summed E-state index contributed by atoms with van der Waals surface area (Å²) in [6, 6.07) is 14.4. The number of para-hydroxylation sites is 1. The monoisotopic (exact) mass is 350 g/mol. The minimum absolute atomic E-state index is 0.0756. The van der Waals surface area contributed by atoms with Crippen molar-refractivity contribution in [3.63, 3.8) is 0 Å². The Balaban J connectivity index is 1.58. The van der Waals surface area contributed by atoms with E-state index in [1.807, 2.05) is 35.0 Å². The first-order valence-electron chi connectivity index (χ1n) is 8.72. The summed E-state index contributed by atoms with van der Waals surface area (Å²) in [5.41, 5.74) is 4.46. The topological polar surface area (TPSA) is 44.1 Å². The molecule has 5 heteroatoms. The lowest BCUT2D eigenvalue weighted by molar-refractivity contribution is 0.101. The molecule has 0 atom stereocenters. The maximum absolute atomic E-state index is 14.0. The van der Waals surface area contributed by atoms with Gasteiger partial charge in [0.2, 0.25) is 0 Å². The highest BCUT2D eigenvalue weighted by atomic mass is 19.1. The highest BCUT2D eigenvalue weighted by Gasteiger charge is 2.23. The summed E-state index contributed by atoms with van der Waals surface area (Å²) in [5, 5.41) is 4.73. The van der Waals surface area contributed by atoms with E-state index in [0.29, 0.717) is 5.75 Å². The molecule has 2 aromatic carbocycles. The molecular formula is C21H19FN2O2. The Morgan fingerprint density at radius 1 is 1.19 bits per heavy atom. The summed E-state index contributed by atoms with van der Waals surface area (Å²) >= 11 is 0. The van der Waals surface area contributed by atoms with Gasteiger partial charge in [-0.15, -0.1) is 0 Å². The first-order valence-corrected chi connectivity index (χ1v) is 8.72. The molecule has 1 aromatic heterocycles. The quantitative estimate of drug-likeness (QED) is 0.645. The summed E-state index contributed by atoms with van der Waals surface area (Å²) in [5.74, 6) is -0.461. The molecule has 0 amide bonds. The second kappa shape index (κ2) is 6.75. The van der Waals surface area contributed by atoms with E-state index in [1.165, 1.54) is 30.3 Å². The number of Topliss-reactive ketones (excluding diaryl/α,β-unsaturated/α-hetero) is 1. The third-order valence-electron chi connectivity index (χ3n) is 4.71. The van der Waals surface area contributed by atoms with Gasteiger partial charge in [0.25, 0.3) is 0 Å². The summed E-state index contributed by atoms with van der Waals surface area (Å²) in [6.45, 7) is 1.62. The van der Waals surface area contributed by atoms with Crippen LogP contribution >= 0.6 is 0 Å². The van der Waals surface area contributed by atoms with Gasteiger partial charge in [-0.2, -0.15) is 5.10 Å². The fourth-order valence-corrected chi connectivity index (χ4v) is 3.44. The van der Waals surface area contributed by atoms with Crippen molar-refractivity contribution in [2.75, 3.05) is 0 Å². The molecule has 0 radical (unpaired) electrons. The van der Waals surface area contributed by atoms with Crippen molar-refractivity contribution < 1.29 is 13.9 Å². The number of nitrogens with zero attached hydrogens (tertiary/aromatic N) is 2. The zero-order valence-electron chi connectivity index (χ0n) is 14.5. The highest BCUT2D eigenvalue weighted by Crippen LogP contribution is 2.28. The van der Waals surface area contributed by atoms with Crippen molar-refractivity contribution in [1.29, 1.82) is 0 Å². The van der Waals surface area contributed by atoms with Gasteiger partial charge in [0.1, 0.15) is 23.9 Å². The van der Waals surface area contributed by atoms with Crippen LogP contribution in [0.25, 0.3) is 5.69 Å². The van der Waals surface area contributed by atoms with Gasteiger partial charge in [-0.3, -0.25) is 4.79 Å². The van der Waals surface area contributed by atoms with Gasteiger partial charge in [-0.1, -0.05) is 18.2 Å². The average molecular weight is 350 g/mol. The molecule has 1 heterocycles. The van der Waals surface area contributed by atoms with Crippen LogP contribution in [-0.2, 0) is 19.4 Å². The van der Waals surface area contributed by atoms with E-state index in [-0.39, 0.29) is 18.0 Å². The zero-order valence-corrected chi connectivity index (χ0v) is 14.5. The van der Waals surface area contributed by atoms with Crippen molar-refractivity contribution in [1.82, 2.24) is 9.78 Å². The van der Waals surface area contributed by atoms with Gasteiger partial charge in [0, 0.05) is 17.3 Å². The molecule has 0 fully saturated rings. The molecule has 0 saturated carbocycles. The molecule has 1 aliphatic carbocycles. The van der Waals surface area contributed by atoms with Crippen LogP contribution < -0.4 is 4.74 Å². The average Bonchev–Trinajstić information content (AvgIpc) is 3.23. The van der Waals surface area contributed by atoms with Crippen LogP contribution in [0.15, 0.2) is 48.5 Å². The molecule has 1 aliphatic rings. The molecular weight excluding hydrogens is 331 g/mol. The molecule has 26 heavy (non-hydrogen) atoms. The van der Waals surface area contributed by atoms with E-state index in [2.05, 4.69) is 0 Å². The fraction of sp³-hybridized carbons (Fsp3) is 0.238. The normalized spacial score (nSPS) is 12.8. The second-order valence-electron chi connectivity index (χ2n) is 6.46. The van der Waals surface area contributed by atoms with Gasteiger partial charge in [-0.05, 0) is 50.5 Å². The molecule has 0 bridgehead atoms. The standard InChI is InChI=1S/C21H19FN2O2/c1-14(25)17-11-10-16(12-19(17)22)26-13-20-18-8-5-9-21(18)24(23-20)15-6-3-2-4-7-15/h2-4,6-7,10-12H,5,8-9,13H2,1H3. The Kier molecular flexibility index (Phi) is 4.29. The van der Waals surface area contributed by atoms with E-state index in [4.69, 9.17) is 9.84 Å². The molecule has 3 aromatic rings. The minimum atomic E-state index is -0.560. The number of ether oxygens (including phenoxy) is 1. The van der Waals surface area contributed by atoms with Crippen molar-refractivity contribution in [2.45, 2.75) is 32.8 Å². The number of ketones is 1. The van der Waals surface area contributed by atoms with Crippen molar-refractivity contribution in [3.05, 3.63) is 76.9 Å². The lowest BCUT2D eigenvalue weighted by atomic mass is 10.1. The number of rotatable bonds is 5. The third kappa shape index (κ3) is 3.01. The smallest absolute Gasteiger partial charge is 0.162 e. The lowest BCUT2D eigenvalue weighted by Gasteiger charge is -2.07. The number of benzene rings is 2. The number of hydrogen-bond acceptors (Lipinski definition) is 3. The number of carbonyl (C=O) groups excluding carboxylic acids is 1. The summed E-state index contributed by atoms with van der Waals surface area (Å²) < 4.78 is 21.7. The third-order valence-corrected chi connectivity index (χ3v) is 4.71. The zero-order chi connectivity index (χ0) is 18.1. The van der Waals surface area contributed by atoms with Crippen LogP contribution in [0.4, 0.5) is 4.39 Å². The van der Waals surface area contributed by atoms with E-state index < -0.39 is 5.82 Å². The van der Waals surface area contributed by atoms with Crippen molar-refractivity contribution >= 4 is 5.78 Å². The van der Waals surface area contributed by atoms with E-state index in [9.17, 15) is 9.18 Å². The first-order chi connectivity index (χ1) is 12.6. The summed E-state index contributed by atoms with van der Waals surface area (Å²) in [7, 11) is 0. The molecule has 0 unspecified atom stereocenters. The summed E-state index contributed by atoms with van der Waals surface area (Å²) in [4.78, 5) is 11.3. The van der Waals surface area contributed by atoms with Crippen LogP contribution in [0.5, 0.6) is 5.75 Å². The largest absolute Gasteiger partial charge is 0.487 e. The Morgan fingerprint density at radius 2 is 2.00 bits per heavy atom. The molecule has 4 rings (SSSR count). The van der Waals surface area contributed by atoms with Gasteiger partial charge in [0.05, 0.1) is 11.3 Å². The Bertz CT molecular complexity index is 964. The molecule has 132 valence electrons. The number of fused-ring (bicyclic) bond motifs is 1. The second-order valence-corrected chi connectivity index (χ2v) is 6.46. The minimum Gasteiger partial charge on any atom is -0.487 e. The molecule has 0 spiro atoms. The molecule has 0 N–H and O–H groups in total. The van der Waals surface area contributed by atoms with Crippen molar-refractivity contribution in [3.8, 4) is 11.4 Å². The predicted molar refractivity (Wildman–Crippen MR) is 96.3 cm³/mol. The van der Waals surface area contributed by atoms with Crippen LogP contribution in [-0.4, -0.2) is 15.6 Å². The Hall–Kier alpha value is -2.95. The van der Waals surface area contributed by atoms with Crippen LogP contribution in [0.3, 0.4) is 0 Å². The van der Waals surface area contributed by atoms with Gasteiger partial charge in [-0.25, -0.2) is 9.07 Å². The molecule has 4 nitrogen and oxygen atoms in total. The number of aromatic nitrogens is 2. The van der Waals surface area contributed by atoms with Crippen LogP contribution in [0.2, 0.25) is 0 Å². The van der Waals surface area contributed by atoms with E-state index >= 15 is 0 Å². The van der Waals surface area contributed by atoms with Crippen LogP contribution in [0, 0.1) is 5.82 Å². The van der Waals surface area contributed by atoms with E-state index in [1.54, 1.807) is 6.07 Å². The predicted octanol–water partition coefficient (Wildman–Crippen LogP) is 4.28. The van der Waals surface area contributed by atoms with Crippen LogP contribution in [0.1, 0.15) is 40.7 Å². The van der Waals surface area contributed by atoms with Crippen molar-refractivity contribution in [2.24, 2.45) is 0 Å². The van der Waals surface area contributed by atoms with Gasteiger partial charge in [0.15, 0.2) is 5.78 Å². The number of hydrogen-bond donors (Lipinski definition) is 0. The lowest BCUT2D eigenvalue weighted by Crippen LogP contribution is -2.04. The fourth-order valence-electron chi connectivity index (χ4n) is 3.44. The maximum Gasteiger partial charge on any atom is 0.162 e. The van der Waals surface area contributed by atoms with Gasteiger partial charge >= 0.3 is 0 Å². The molecule has 0 aliphatic heterocycles. The Labute approximate surface area is 151 Å². The number of carbonyl (C=O) groups is 1. The highest BCUT2D eigenvalue weighted by molar-refractivity contribution is 5.94. The van der Waals surface area contributed by atoms with E-state index in [0.717, 1.165) is 30.6 Å². The maximum atomic E-state index is 14.0. The Morgan fingerprint density at radius 3 is 2.73 bits per heavy atom. The van der Waals surface area contributed by atoms with Gasteiger partial charge < -0.3 is 4.74 Å². The number of halogens is 1. The first kappa shape index (κ1) is 16.5.